The third-order valence-corrected chi connectivity index (χ3v) is 3.94. The van der Waals surface area contributed by atoms with Crippen LogP contribution < -0.4 is 11.1 Å². The molecule has 0 spiro atoms. The Labute approximate surface area is 109 Å². The summed E-state index contributed by atoms with van der Waals surface area (Å²) in [6.07, 6.45) is 4.65. The van der Waals surface area contributed by atoms with Crippen LogP contribution in [0.4, 0.5) is 0 Å². The van der Waals surface area contributed by atoms with Crippen molar-refractivity contribution >= 4 is 5.91 Å². The Bertz CT molecular complexity index is 273. The maximum absolute atomic E-state index is 11.7. The number of hydrogen-bond donors (Lipinski definition) is 2. The average Bonchev–Trinajstić information content (AvgIpc) is 2.34. The second-order valence-electron chi connectivity index (χ2n) is 5.55. The smallest absolute Gasteiger partial charge is 0.221 e. The number of nitrogens with two attached hydrogens (primary N) is 1. The van der Waals surface area contributed by atoms with Gasteiger partial charge in [0, 0.05) is 31.6 Å². The molecule has 0 radical (unpaired) electrons. The second-order valence-corrected chi connectivity index (χ2v) is 5.55. The molecule has 1 saturated carbocycles. The van der Waals surface area contributed by atoms with Gasteiger partial charge in [0.25, 0.3) is 0 Å². The quantitative estimate of drug-likeness (QED) is 0.660. The van der Waals surface area contributed by atoms with Gasteiger partial charge in [-0.2, -0.15) is 0 Å². The van der Waals surface area contributed by atoms with Crippen LogP contribution in [-0.4, -0.2) is 55.7 Å². The Balaban J connectivity index is 1.50. The number of hydrogen-bond acceptors (Lipinski definition) is 4. The van der Waals surface area contributed by atoms with E-state index in [1.807, 2.05) is 0 Å². The fourth-order valence-corrected chi connectivity index (χ4v) is 2.55. The van der Waals surface area contributed by atoms with E-state index in [0.717, 1.165) is 58.7 Å². The maximum atomic E-state index is 11.7. The molecule has 0 atom stereocenters. The van der Waals surface area contributed by atoms with Crippen LogP contribution in [0.25, 0.3) is 0 Å². The summed E-state index contributed by atoms with van der Waals surface area (Å²) < 4.78 is 5.29. The SMILES string of the molecule is NC1(CC(=O)NCCCN2CCOCC2)CCC1. The number of carbonyl (C=O) groups is 1. The number of nitrogens with one attached hydrogen (secondary N) is 1. The van der Waals surface area contributed by atoms with Gasteiger partial charge in [-0.05, 0) is 32.2 Å². The first-order valence-electron chi connectivity index (χ1n) is 7.04. The molecule has 5 nitrogen and oxygen atoms in total. The van der Waals surface area contributed by atoms with E-state index < -0.39 is 0 Å². The Morgan fingerprint density at radius 1 is 1.33 bits per heavy atom. The second kappa shape index (κ2) is 6.50. The minimum Gasteiger partial charge on any atom is -0.379 e. The largest absolute Gasteiger partial charge is 0.379 e. The lowest BCUT2D eigenvalue weighted by Gasteiger charge is -2.37. The zero-order chi connectivity index (χ0) is 12.8. The van der Waals surface area contributed by atoms with Crippen molar-refractivity contribution in [3.63, 3.8) is 0 Å². The van der Waals surface area contributed by atoms with E-state index in [4.69, 9.17) is 10.5 Å². The van der Waals surface area contributed by atoms with Crippen molar-refractivity contribution in [1.82, 2.24) is 10.2 Å². The Morgan fingerprint density at radius 2 is 2.06 bits per heavy atom. The summed E-state index contributed by atoms with van der Waals surface area (Å²) in [7, 11) is 0. The monoisotopic (exact) mass is 255 g/mol. The van der Waals surface area contributed by atoms with E-state index in [-0.39, 0.29) is 11.4 Å². The molecule has 104 valence electrons. The van der Waals surface area contributed by atoms with E-state index in [1.54, 1.807) is 0 Å². The van der Waals surface area contributed by atoms with Gasteiger partial charge in [0.15, 0.2) is 0 Å². The minimum atomic E-state index is -0.200. The molecule has 2 fully saturated rings. The molecule has 0 aromatic rings. The van der Waals surface area contributed by atoms with Gasteiger partial charge in [-0.1, -0.05) is 0 Å². The molecular formula is C13H25N3O2. The first-order valence-corrected chi connectivity index (χ1v) is 7.04. The molecule has 1 aliphatic carbocycles. The Kier molecular flexibility index (Phi) is 4.97. The van der Waals surface area contributed by atoms with Crippen LogP contribution in [0.15, 0.2) is 0 Å². The molecule has 0 unspecified atom stereocenters. The average molecular weight is 255 g/mol. The lowest BCUT2D eigenvalue weighted by molar-refractivity contribution is -0.123. The van der Waals surface area contributed by atoms with Gasteiger partial charge in [-0.15, -0.1) is 0 Å². The van der Waals surface area contributed by atoms with Crippen LogP contribution in [-0.2, 0) is 9.53 Å². The fraction of sp³-hybridized carbons (Fsp3) is 0.923. The van der Waals surface area contributed by atoms with Crippen molar-refractivity contribution in [3.8, 4) is 0 Å². The molecule has 3 N–H and O–H groups in total. The van der Waals surface area contributed by atoms with Crippen molar-refractivity contribution in [2.45, 2.75) is 37.6 Å². The predicted octanol–water partition coefficient (Wildman–Crippen LogP) is 0.0964. The highest BCUT2D eigenvalue weighted by Crippen LogP contribution is 2.31. The number of nitrogens with zero attached hydrogens (tertiary/aromatic N) is 1. The Hall–Kier alpha value is -0.650. The third-order valence-electron chi connectivity index (χ3n) is 3.94. The van der Waals surface area contributed by atoms with Gasteiger partial charge in [-0.25, -0.2) is 0 Å². The highest BCUT2D eigenvalue weighted by Gasteiger charge is 2.34. The van der Waals surface area contributed by atoms with Crippen LogP contribution in [0.3, 0.4) is 0 Å². The number of rotatable bonds is 6. The molecule has 1 amide bonds. The van der Waals surface area contributed by atoms with Gasteiger partial charge in [0.2, 0.25) is 5.91 Å². The molecule has 18 heavy (non-hydrogen) atoms. The zero-order valence-electron chi connectivity index (χ0n) is 11.1. The molecule has 1 saturated heterocycles. The standard InChI is InChI=1S/C13H25N3O2/c14-13(3-1-4-13)11-12(17)15-5-2-6-16-7-9-18-10-8-16/h1-11,14H2,(H,15,17). The summed E-state index contributed by atoms with van der Waals surface area (Å²) in [5.74, 6) is 0.110. The van der Waals surface area contributed by atoms with Gasteiger partial charge >= 0.3 is 0 Å². The summed E-state index contributed by atoms with van der Waals surface area (Å²) in [5, 5.41) is 2.97. The van der Waals surface area contributed by atoms with E-state index in [9.17, 15) is 4.79 Å². The molecule has 1 heterocycles. The van der Waals surface area contributed by atoms with Crippen molar-refractivity contribution in [1.29, 1.82) is 0 Å². The fourth-order valence-electron chi connectivity index (χ4n) is 2.55. The highest BCUT2D eigenvalue weighted by atomic mass is 16.5. The van der Waals surface area contributed by atoms with Gasteiger partial charge in [-0.3, -0.25) is 9.69 Å². The minimum absolute atomic E-state index is 0.110. The number of carbonyl (C=O) groups excluding carboxylic acids is 1. The molecule has 0 bridgehead atoms. The lowest BCUT2D eigenvalue weighted by atomic mass is 9.75. The van der Waals surface area contributed by atoms with Crippen molar-refractivity contribution < 1.29 is 9.53 Å². The van der Waals surface area contributed by atoms with Crippen LogP contribution in [0.5, 0.6) is 0 Å². The van der Waals surface area contributed by atoms with Crippen LogP contribution in [0.2, 0.25) is 0 Å². The van der Waals surface area contributed by atoms with Crippen LogP contribution >= 0.6 is 0 Å². The first-order chi connectivity index (χ1) is 8.68. The summed E-state index contributed by atoms with van der Waals surface area (Å²) in [5.41, 5.74) is 5.84. The van der Waals surface area contributed by atoms with E-state index >= 15 is 0 Å². The molecular weight excluding hydrogens is 230 g/mol. The number of ether oxygens (including phenoxy) is 1. The molecule has 0 aromatic heterocycles. The summed E-state index contributed by atoms with van der Waals surface area (Å²) >= 11 is 0. The van der Waals surface area contributed by atoms with E-state index in [0.29, 0.717) is 6.42 Å². The van der Waals surface area contributed by atoms with E-state index in [2.05, 4.69) is 10.2 Å². The van der Waals surface area contributed by atoms with E-state index in [1.165, 1.54) is 6.42 Å². The molecule has 2 rings (SSSR count). The van der Waals surface area contributed by atoms with Gasteiger partial charge in [0.1, 0.15) is 0 Å². The van der Waals surface area contributed by atoms with Crippen LogP contribution in [0, 0.1) is 0 Å². The Morgan fingerprint density at radius 3 is 2.67 bits per heavy atom. The number of amides is 1. The zero-order valence-corrected chi connectivity index (χ0v) is 11.1. The summed E-state index contributed by atoms with van der Waals surface area (Å²) in [6.45, 7) is 5.49. The lowest BCUT2D eigenvalue weighted by Crippen LogP contribution is -2.50. The van der Waals surface area contributed by atoms with Crippen molar-refractivity contribution in [3.05, 3.63) is 0 Å². The molecule has 0 aromatic carbocycles. The summed E-state index contributed by atoms with van der Waals surface area (Å²) in [4.78, 5) is 14.1. The van der Waals surface area contributed by atoms with Gasteiger partial charge < -0.3 is 15.8 Å². The molecule has 1 aliphatic heterocycles. The highest BCUT2D eigenvalue weighted by molar-refractivity contribution is 5.77. The van der Waals surface area contributed by atoms with Gasteiger partial charge in [0.05, 0.1) is 13.2 Å². The normalized spacial score (nSPS) is 23.4. The first kappa shape index (κ1) is 13.8. The number of morpholine rings is 1. The third kappa shape index (κ3) is 4.23. The summed E-state index contributed by atoms with van der Waals surface area (Å²) in [6, 6.07) is 0. The van der Waals surface area contributed by atoms with Crippen LogP contribution in [0.1, 0.15) is 32.1 Å². The molecule has 5 heteroatoms. The topological polar surface area (TPSA) is 67.6 Å². The van der Waals surface area contributed by atoms with Crippen molar-refractivity contribution in [2.24, 2.45) is 5.73 Å². The maximum Gasteiger partial charge on any atom is 0.221 e. The van der Waals surface area contributed by atoms with Crippen molar-refractivity contribution in [2.75, 3.05) is 39.4 Å². The predicted molar refractivity (Wildman–Crippen MR) is 70.3 cm³/mol. The molecule has 2 aliphatic rings.